The van der Waals surface area contributed by atoms with Gasteiger partial charge in [0.15, 0.2) is 12.2 Å². The minimum Gasteiger partial charge on any atom is -0.462 e. The van der Waals surface area contributed by atoms with E-state index in [-0.39, 0.29) is 25.7 Å². The first-order chi connectivity index (χ1) is 42.1. The molecule has 0 amide bonds. The fourth-order valence-electron chi connectivity index (χ4n) is 9.72. The Morgan fingerprint density at radius 1 is 0.368 bits per heavy atom. The van der Waals surface area contributed by atoms with Crippen molar-refractivity contribution in [2.24, 2.45) is 5.92 Å². The summed E-state index contributed by atoms with van der Waals surface area (Å²) in [5.41, 5.74) is 0. The highest BCUT2D eigenvalue weighted by molar-refractivity contribution is 7.47. The Kier molecular flexibility index (Phi) is 59.3. The zero-order valence-corrected chi connectivity index (χ0v) is 57.4. The number of allylic oxidation sites excluding steroid dienone is 4. The lowest BCUT2D eigenvalue weighted by atomic mass is 9.99. The molecule has 0 aromatic rings. The Labute approximate surface area is 529 Å². The second-order valence-electron chi connectivity index (χ2n) is 24.1. The van der Waals surface area contributed by atoms with Crippen LogP contribution in [0.2, 0.25) is 0 Å². The molecule has 0 aromatic heterocycles. The number of ether oxygens (including phenoxy) is 4. The van der Waals surface area contributed by atoms with Crippen LogP contribution in [0.25, 0.3) is 0 Å². The minimum atomic E-state index is -4.96. The largest absolute Gasteiger partial charge is 0.472 e. The number of hydrogen-bond acceptors (Lipinski definition) is 15. The van der Waals surface area contributed by atoms with Gasteiger partial charge in [0.25, 0.3) is 0 Å². The van der Waals surface area contributed by atoms with Gasteiger partial charge in [-0.1, -0.05) is 271 Å². The van der Waals surface area contributed by atoms with Crippen LogP contribution in [-0.4, -0.2) is 96.7 Å². The molecule has 0 aliphatic carbocycles. The normalized spacial score (nSPS) is 14.6. The summed E-state index contributed by atoms with van der Waals surface area (Å²) in [7, 11) is -9.90. The Morgan fingerprint density at radius 3 is 0.977 bits per heavy atom. The van der Waals surface area contributed by atoms with Gasteiger partial charge >= 0.3 is 39.5 Å². The van der Waals surface area contributed by atoms with E-state index in [1.807, 2.05) is 0 Å². The second-order valence-corrected chi connectivity index (χ2v) is 27.0. The maximum absolute atomic E-state index is 13.0. The number of rotatable bonds is 66. The third kappa shape index (κ3) is 60.9. The summed E-state index contributed by atoms with van der Waals surface area (Å²) in [4.78, 5) is 72.3. The highest BCUT2D eigenvalue weighted by atomic mass is 31.2. The molecule has 3 N–H and O–H groups in total. The summed E-state index contributed by atoms with van der Waals surface area (Å²) in [5.74, 6) is -1.38. The molecule has 0 fully saturated rings. The van der Waals surface area contributed by atoms with Gasteiger partial charge in [0.05, 0.1) is 26.4 Å². The van der Waals surface area contributed by atoms with Gasteiger partial charge in [0.1, 0.15) is 19.3 Å². The van der Waals surface area contributed by atoms with Crippen LogP contribution < -0.4 is 0 Å². The first-order valence-corrected chi connectivity index (χ1v) is 38.0. The molecule has 512 valence electrons. The number of phosphoric ester groups is 2. The van der Waals surface area contributed by atoms with Crippen molar-refractivity contribution in [1.82, 2.24) is 0 Å². The fourth-order valence-corrected chi connectivity index (χ4v) is 11.3. The lowest BCUT2D eigenvalue weighted by Gasteiger charge is -2.21. The molecule has 0 saturated heterocycles. The zero-order valence-electron chi connectivity index (χ0n) is 55.6. The topological polar surface area (TPSA) is 237 Å². The first-order valence-electron chi connectivity index (χ1n) is 35.0. The third-order valence-electron chi connectivity index (χ3n) is 15.5. The maximum atomic E-state index is 13.0. The molecule has 0 heterocycles. The van der Waals surface area contributed by atoms with Gasteiger partial charge in [-0.25, -0.2) is 9.13 Å². The van der Waals surface area contributed by atoms with E-state index in [0.29, 0.717) is 25.7 Å². The van der Waals surface area contributed by atoms with E-state index in [4.69, 9.17) is 37.0 Å². The highest BCUT2D eigenvalue weighted by Crippen LogP contribution is 2.45. The summed E-state index contributed by atoms with van der Waals surface area (Å²) in [6.07, 6.45) is 49.3. The van der Waals surface area contributed by atoms with Gasteiger partial charge < -0.3 is 33.8 Å². The van der Waals surface area contributed by atoms with Gasteiger partial charge in [-0.05, 0) is 57.3 Å². The molecule has 0 aliphatic heterocycles. The standard InChI is InChI=1S/C68H128O17P2/c1-6-10-13-16-19-22-24-26-27-28-30-32-39-44-49-54-68(73)85-64(58-79-66(71)52-47-42-37-34-33-35-40-45-50-61(5)9-4)60-83-87(76,77)81-56-62(69)55-80-86(74,75)82-59-63(57-78-65(70)51-46-41-36-21-18-15-12-8-3)84-67(72)53-48-43-38-31-29-25-23-20-17-14-11-7-2/h22,24,26-27,61-64,69H,6-21,23,25,28-60H2,1-5H3,(H,74,75)(H,76,77)/b24-22-,27-26-/t61?,62-,63+,64+/m0/s1. The Balaban J connectivity index is 5.27. The second kappa shape index (κ2) is 61.1. The van der Waals surface area contributed by atoms with Gasteiger partial charge in [-0.2, -0.15) is 0 Å². The van der Waals surface area contributed by atoms with E-state index in [2.05, 4.69) is 58.9 Å². The fraction of sp³-hybridized carbons (Fsp3) is 0.882. The van der Waals surface area contributed by atoms with Gasteiger partial charge in [-0.15, -0.1) is 0 Å². The highest BCUT2D eigenvalue weighted by Gasteiger charge is 2.30. The number of carbonyl (C=O) groups excluding carboxylic acids is 4. The molecule has 3 unspecified atom stereocenters. The third-order valence-corrected chi connectivity index (χ3v) is 17.4. The quantitative estimate of drug-likeness (QED) is 0.0169. The van der Waals surface area contributed by atoms with Crippen LogP contribution in [0.5, 0.6) is 0 Å². The van der Waals surface area contributed by atoms with Crippen molar-refractivity contribution in [1.29, 1.82) is 0 Å². The van der Waals surface area contributed by atoms with Crippen LogP contribution in [0.1, 0.15) is 324 Å². The Bertz CT molecular complexity index is 1780. The van der Waals surface area contributed by atoms with Crippen LogP contribution in [0.4, 0.5) is 0 Å². The van der Waals surface area contributed by atoms with Crippen molar-refractivity contribution in [3.8, 4) is 0 Å². The van der Waals surface area contributed by atoms with Gasteiger partial charge in [-0.3, -0.25) is 37.3 Å². The molecule has 0 radical (unpaired) electrons. The van der Waals surface area contributed by atoms with Crippen LogP contribution in [-0.2, 0) is 65.4 Å². The van der Waals surface area contributed by atoms with Gasteiger partial charge in [0.2, 0.25) is 0 Å². The first kappa shape index (κ1) is 84.5. The molecule has 87 heavy (non-hydrogen) atoms. The van der Waals surface area contributed by atoms with Crippen LogP contribution in [0.3, 0.4) is 0 Å². The zero-order chi connectivity index (χ0) is 64.2. The summed E-state index contributed by atoms with van der Waals surface area (Å²) >= 11 is 0. The van der Waals surface area contributed by atoms with E-state index in [1.165, 1.54) is 128 Å². The van der Waals surface area contributed by atoms with E-state index in [1.54, 1.807) is 0 Å². The SMILES string of the molecule is CCCCCC/C=C\C=C/CCCCCCCC(=O)O[C@H](COC(=O)CCCCCCCCCCC(C)CC)COP(=O)(O)OC[C@@H](O)COP(=O)(O)OC[C@@H](COC(=O)CCCCCCCCCC)OC(=O)CCCCCCCCCCCCCC. The molecule has 0 bridgehead atoms. The smallest absolute Gasteiger partial charge is 0.462 e. The number of aliphatic hydroxyl groups is 1. The van der Waals surface area contributed by atoms with Crippen molar-refractivity contribution in [2.75, 3.05) is 39.6 Å². The van der Waals surface area contributed by atoms with Crippen molar-refractivity contribution < 1.29 is 80.2 Å². The predicted molar refractivity (Wildman–Crippen MR) is 349 cm³/mol. The molecular weight excluding hydrogens is 1150 g/mol. The van der Waals surface area contributed by atoms with E-state index >= 15 is 0 Å². The summed E-state index contributed by atoms with van der Waals surface area (Å²) in [6, 6.07) is 0. The lowest BCUT2D eigenvalue weighted by Crippen LogP contribution is -2.30. The summed E-state index contributed by atoms with van der Waals surface area (Å²) < 4.78 is 68.1. The monoisotopic (exact) mass is 1280 g/mol. The number of unbranched alkanes of at least 4 members (excludes halogenated alkanes) is 34. The average molecular weight is 1280 g/mol. The average Bonchev–Trinajstić information content (AvgIpc) is 3.60. The van der Waals surface area contributed by atoms with Crippen LogP contribution in [0, 0.1) is 5.92 Å². The number of carbonyl (C=O) groups is 4. The molecule has 17 nitrogen and oxygen atoms in total. The summed E-state index contributed by atoms with van der Waals surface area (Å²) in [5, 5.41) is 10.6. The van der Waals surface area contributed by atoms with Crippen molar-refractivity contribution in [3.05, 3.63) is 24.3 Å². The van der Waals surface area contributed by atoms with E-state index < -0.39 is 97.5 Å². The molecule has 0 aliphatic rings. The number of esters is 4. The molecule has 0 spiro atoms. The molecule has 0 rings (SSSR count). The van der Waals surface area contributed by atoms with Crippen LogP contribution >= 0.6 is 15.6 Å². The number of phosphoric acid groups is 2. The lowest BCUT2D eigenvalue weighted by molar-refractivity contribution is -0.161. The molecular formula is C68H128O17P2. The van der Waals surface area contributed by atoms with E-state index in [0.717, 1.165) is 115 Å². The van der Waals surface area contributed by atoms with Crippen LogP contribution in [0.15, 0.2) is 24.3 Å². The molecule has 0 saturated carbocycles. The van der Waals surface area contributed by atoms with Crippen molar-refractivity contribution in [2.45, 2.75) is 342 Å². The Morgan fingerprint density at radius 2 is 0.644 bits per heavy atom. The molecule has 6 atom stereocenters. The van der Waals surface area contributed by atoms with Crippen molar-refractivity contribution in [3.63, 3.8) is 0 Å². The minimum absolute atomic E-state index is 0.0847. The Hall–Kier alpha value is -2.46. The molecule has 0 aromatic carbocycles. The van der Waals surface area contributed by atoms with Gasteiger partial charge in [0, 0.05) is 25.7 Å². The molecule has 19 heteroatoms. The predicted octanol–water partition coefficient (Wildman–Crippen LogP) is 18.9. The number of aliphatic hydroxyl groups excluding tert-OH is 1. The van der Waals surface area contributed by atoms with Crippen molar-refractivity contribution >= 4 is 39.5 Å². The maximum Gasteiger partial charge on any atom is 0.472 e. The van der Waals surface area contributed by atoms with E-state index in [9.17, 15) is 43.2 Å². The number of hydrogen-bond donors (Lipinski definition) is 3. The summed E-state index contributed by atoms with van der Waals surface area (Å²) in [6.45, 7) is 7.14.